The Bertz CT molecular complexity index is 451. The first-order chi connectivity index (χ1) is 13.5. The van der Waals surface area contributed by atoms with Crippen LogP contribution in [-0.2, 0) is 37.9 Å². The zero-order valence-corrected chi connectivity index (χ0v) is 16.8. The van der Waals surface area contributed by atoms with Crippen LogP contribution in [0.4, 0.5) is 0 Å². The summed E-state index contributed by atoms with van der Waals surface area (Å²) < 4.78 is 44.1. The molecule has 2 heterocycles. The second-order valence-corrected chi connectivity index (χ2v) is 6.64. The third-order valence-corrected chi connectivity index (χ3v) is 5.08. The number of aliphatic hydroxyl groups is 3. The van der Waals surface area contributed by atoms with Crippen molar-refractivity contribution in [2.45, 2.75) is 61.4 Å². The zero-order valence-electron chi connectivity index (χ0n) is 16.8. The second-order valence-electron chi connectivity index (χ2n) is 6.64. The molecule has 0 bridgehead atoms. The van der Waals surface area contributed by atoms with Crippen LogP contribution in [0.3, 0.4) is 0 Å². The monoisotopic (exact) mass is 412 g/mol. The highest BCUT2D eigenvalue weighted by Gasteiger charge is 2.52. The van der Waals surface area contributed by atoms with Crippen LogP contribution in [0.2, 0.25) is 0 Å². The van der Waals surface area contributed by atoms with Gasteiger partial charge in [-0.05, 0) is 0 Å². The van der Waals surface area contributed by atoms with Crippen molar-refractivity contribution >= 4 is 0 Å². The van der Waals surface area contributed by atoms with Crippen LogP contribution in [0.1, 0.15) is 0 Å². The summed E-state index contributed by atoms with van der Waals surface area (Å²) in [5.74, 6) is 0. The van der Waals surface area contributed by atoms with Gasteiger partial charge in [-0.15, -0.1) is 0 Å². The van der Waals surface area contributed by atoms with Crippen molar-refractivity contribution in [3.05, 3.63) is 0 Å². The molecule has 11 heteroatoms. The van der Waals surface area contributed by atoms with Gasteiger partial charge in [-0.3, -0.25) is 0 Å². The predicted octanol–water partition coefficient (Wildman–Crippen LogP) is -2.13. The third kappa shape index (κ3) is 4.82. The Balaban J connectivity index is 2.23. The third-order valence-electron chi connectivity index (χ3n) is 5.08. The first kappa shape index (κ1) is 23.8. The summed E-state index contributed by atoms with van der Waals surface area (Å²) in [7, 11) is 7.35. The molecule has 2 fully saturated rings. The van der Waals surface area contributed by atoms with E-state index in [0.29, 0.717) is 0 Å². The molecule has 10 atom stereocenters. The van der Waals surface area contributed by atoms with Crippen molar-refractivity contribution in [2.75, 3.05) is 48.8 Å². The van der Waals surface area contributed by atoms with E-state index in [4.69, 9.17) is 37.9 Å². The topological polar surface area (TPSA) is 135 Å². The van der Waals surface area contributed by atoms with Crippen LogP contribution in [0.25, 0.3) is 0 Å². The minimum Gasteiger partial charge on any atom is -0.394 e. The Hall–Kier alpha value is -0.440. The lowest BCUT2D eigenvalue weighted by Gasteiger charge is -2.48. The molecule has 28 heavy (non-hydrogen) atoms. The lowest BCUT2D eigenvalue weighted by molar-refractivity contribution is -0.362. The average Bonchev–Trinajstić information content (AvgIpc) is 2.71. The lowest BCUT2D eigenvalue weighted by atomic mass is 9.96. The van der Waals surface area contributed by atoms with Gasteiger partial charge in [0.1, 0.15) is 48.8 Å². The normalized spacial score (nSPS) is 44.6. The summed E-state index contributed by atoms with van der Waals surface area (Å²) in [6.07, 6.45) is -9.22. The summed E-state index contributed by atoms with van der Waals surface area (Å²) in [6.45, 7) is -0.259. The van der Waals surface area contributed by atoms with E-state index >= 15 is 0 Å². The Morgan fingerprint density at radius 1 is 0.679 bits per heavy atom. The maximum Gasteiger partial charge on any atom is 0.187 e. The van der Waals surface area contributed by atoms with E-state index in [1.807, 2.05) is 0 Å². The van der Waals surface area contributed by atoms with E-state index in [-0.39, 0.29) is 6.61 Å². The van der Waals surface area contributed by atoms with E-state index in [9.17, 15) is 15.3 Å². The van der Waals surface area contributed by atoms with Crippen molar-refractivity contribution in [1.82, 2.24) is 0 Å². The van der Waals surface area contributed by atoms with Gasteiger partial charge >= 0.3 is 0 Å². The molecule has 2 saturated heterocycles. The molecule has 2 rings (SSSR count). The molecule has 2 aliphatic rings. The van der Waals surface area contributed by atoms with Crippen LogP contribution < -0.4 is 0 Å². The predicted molar refractivity (Wildman–Crippen MR) is 92.6 cm³/mol. The molecule has 0 spiro atoms. The lowest BCUT2D eigenvalue weighted by Crippen LogP contribution is -2.65. The quantitative estimate of drug-likeness (QED) is 0.383. The molecule has 11 nitrogen and oxygen atoms in total. The molecule has 3 N–H and O–H groups in total. The highest BCUT2D eigenvalue weighted by Crippen LogP contribution is 2.32. The SMILES string of the molecule is COC[C@H]1O[C@@H](O[C@H]2[C@H](O)[C@@H](O)[C@@H](OC)O[C@@H]2CO)[C@H](OC)[C@@H](OC)[C@@H]1OC. The smallest absolute Gasteiger partial charge is 0.187 e. The van der Waals surface area contributed by atoms with Gasteiger partial charge in [0.05, 0.1) is 13.2 Å². The Morgan fingerprint density at radius 3 is 1.79 bits per heavy atom. The molecule has 166 valence electrons. The molecular weight excluding hydrogens is 380 g/mol. The molecule has 0 saturated carbocycles. The number of ether oxygens (including phenoxy) is 8. The fraction of sp³-hybridized carbons (Fsp3) is 1.00. The van der Waals surface area contributed by atoms with Crippen molar-refractivity contribution in [2.24, 2.45) is 0 Å². The fourth-order valence-electron chi connectivity index (χ4n) is 3.66. The first-order valence-electron chi connectivity index (χ1n) is 9.00. The van der Waals surface area contributed by atoms with Crippen LogP contribution in [0, 0.1) is 0 Å². The van der Waals surface area contributed by atoms with E-state index < -0.39 is 68.0 Å². The zero-order chi connectivity index (χ0) is 20.8. The first-order valence-corrected chi connectivity index (χ1v) is 9.00. The molecule has 0 radical (unpaired) electrons. The summed E-state index contributed by atoms with van der Waals surface area (Å²) in [5, 5.41) is 30.3. The summed E-state index contributed by atoms with van der Waals surface area (Å²) in [5.41, 5.74) is 0. The van der Waals surface area contributed by atoms with Crippen LogP contribution in [0.15, 0.2) is 0 Å². The van der Waals surface area contributed by atoms with Gasteiger partial charge in [0, 0.05) is 35.5 Å². The number of hydrogen-bond donors (Lipinski definition) is 3. The van der Waals surface area contributed by atoms with Crippen molar-refractivity contribution < 1.29 is 53.2 Å². The number of rotatable bonds is 9. The summed E-state index contributed by atoms with van der Waals surface area (Å²) >= 11 is 0. The summed E-state index contributed by atoms with van der Waals surface area (Å²) in [4.78, 5) is 0. The van der Waals surface area contributed by atoms with E-state index in [0.717, 1.165) is 0 Å². The van der Waals surface area contributed by atoms with E-state index in [1.165, 1.54) is 35.5 Å². The van der Waals surface area contributed by atoms with Crippen molar-refractivity contribution in [3.63, 3.8) is 0 Å². The summed E-state index contributed by atoms with van der Waals surface area (Å²) in [6, 6.07) is 0. The van der Waals surface area contributed by atoms with Crippen LogP contribution in [-0.4, -0.2) is 125 Å². The minimum absolute atomic E-state index is 0.205. The average molecular weight is 412 g/mol. The van der Waals surface area contributed by atoms with Gasteiger partial charge in [-0.1, -0.05) is 0 Å². The van der Waals surface area contributed by atoms with Gasteiger partial charge in [-0.2, -0.15) is 0 Å². The van der Waals surface area contributed by atoms with Gasteiger partial charge in [0.2, 0.25) is 0 Å². The number of aliphatic hydroxyl groups excluding tert-OH is 3. The van der Waals surface area contributed by atoms with E-state index in [2.05, 4.69) is 0 Å². The molecule has 2 aliphatic heterocycles. The maximum absolute atomic E-state index is 10.5. The molecule has 0 aliphatic carbocycles. The Kier molecular flexibility index (Phi) is 9.44. The number of methoxy groups -OCH3 is 5. The van der Waals surface area contributed by atoms with Gasteiger partial charge < -0.3 is 53.2 Å². The molecule has 0 amide bonds. The fourth-order valence-corrected chi connectivity index (χ4v) is 3.66. The van der Waals surface area contributed by atoms with Crippen LogP contribution >= 0.6 is 0 Å². The second kappa shape index (κ2) is 11.1. The van der Waals surface area contributed by atoms with Crippen molar-refractivity contribution in [3.8, 4) is 0 Å². The largest absolute Gasteiger partial charge is 0.394 e. The maximum atomic E-state index is 10.5. The van der Waals surface area contributed by atoms with Crippen LogP contribution in [0.5, 0.6) is 0 Å². The molecule has 0 aromatic heterocycles. The highest BCUT2D eigenvalue weighted by atomic mass is 16.7. The number of hydrogen-bond acceptors (Lipinski definition) is 11. The Labute approximate surface area is 164 Å². The van der Waals surface area contributed by atoms with E-state index in [1.54, 1.807) is 0 Å². The molecule has 0 aromatic carbocycles. The van der Waals surface area contributed by atoms with Gasteiger partial charge in [0.25, 0.3) is 0 Å². The van der Waals surface area contributed by atoms with Gasteiger partial charge in [-0.25, -0.2) is 0 Å². The minimum atomic E-state index is -1.39. The molecule has 0 unspecified atom stereocenters. The molecular formula is C17H32O11. The Morgan fingerprint density at radius 2 is 1.29 bits per heavy atom. The highest BCUT2D eigenvalue weighted by molar-refractivity contribution is 4.95. The molecule has 0 aromatic rings. The standard InChI is InChI=1S/C17H32O11/c1-21-7-9-13(22-2)14(23-3)15(24-4)17(27-9)28-12-8(6-18)26-16(25-5)11(20)10(12)19/h8-20H,6-7H2,1-5H3/t8-,9-,10-,11-,12-,13-,14+,15-,16+,17+/m1/s1. The van der Waals surface area contributed by atoms with Gasteiger partial charge in [0.15, 0.2) is 12.6 Å². The van der Waals surface area contributed by atoms with Crippen molar-refractivity contribution in [1.29, 1.82) is 0 Å².